The number of aromatic amines is 1. The minimum Gasteiger partial charge on any atom is -0.325 e. The van der Waals surface area contributed by atoms with Crippen molar-refractivity contribution in [1.29, 1.82) is 0 Å². The smallest absolute Gasteiger partial charge is 0.0958 e. The standard InChI is InChI=1S/C13H17N3/c1-9(2)12-11(8-14)15-16-13(12)10-6-4-3-5-7-10/h3-7,9H,8,14H2,1-2H3,(H,15,16). The van der Waals surface area contributed by atoms with Gasteiger partial charge in [-0.15, -0.1) is 0 Å². The largest absolute Gasteiger partial charge is 0.325 e. The molecule has 1 aromatic carbocycles. The first kappa shape index (κ1) is 10.9. The minimum absolute atomic E-state index is 0.424. The predicted octanol–water partition coefficient (Wildman–Crippen LogP) is 2.66. The maximum atomic E-state index is 5.71. The summed E-state index contributed by atoms with van der Waals surface area (Å²) in [7, 11) is 0. The summed E-state index contributed by atoms with van der Waals surface area (Å²) in [6, 6.07) is 10.2. The van der Waals surface area contributed by atoms with Gasteiger partial charge in [-0.05, 0) is 5.92 Å². The highest BCUT2D eigenvalue weighted by molar-refractivity contribution is 5.64. The topological polar surface area (TPSA) is 54.7 Å². The molecule has 0 saturated heterocycles. The van der Waals surface area contributed by atoms with Crippen molar-refractivity contribution in [2.75, 3.05) is 0 Å². The van der Waals surface area contributed by atoms with Crippen molar-refractivity contribution in [2.45, 2.75) is 26.3 Å². The van der Waals surface area contributed by atoms with Crippen LogP contribution in [0.2, 0.25) is 0 Å². The van der Waals surface area contributed by atoms with Gasteiger partial charge < -0.3 is 5.73 Å². The highest BCUT2D eigenvalue weighted by Crippen LogP contribution is 2.29. The number of nitrogens with two attached hydrogens (primary N) is 1. The number of benzene rings is 1. The second-order valence-electron chi connectivity index (χ2n) is 4.19. The maximum Gasteiger partial charge on any atom is 0.0958 e. The number of nitrogens with zero attached hydrogens (tertiary/aromatic N) is 1. The molecule has 1 heterocycles. The molecule has 0 aliphatic heterocycles. The Morgan fingerprint density at radius 1 is 1.25 bits per heavy atom. The molecule has 0 spiro atoms. The van der Waals surface area contributed by atoms with Crippen LogP contribution in [0.25, 0.3) is 11.3 Å². The Kier molecular flexibility index (Phi) is 3.06. The molecule has 0 amide bonds. The molecule has 0 aliphatic rings. The van der Waals surface area contributed by atoms with Crippen LogP contribution < -0.4 is 5.73 Å². The predicted molar refractivity (Wildman–Crippen MR) is 66.0 cm³/mol. The Morgan fingerprint density at radius 3 is 2.50 bits per heavy atom. The van der Waals surface area contributed by atoms with Gasteiger partial charge in [-0.3, -0.25) is 5.10 Å². The maximum absolute atomic E-state index is 5.71. The van der Waals surface area contributed by atoms with Gasteiger partial charge in [0.25, 0.3) is 0 Å². The lowest BCUT2D eigenvalue weighted by molar-refractivity contribution is 0.835. The summed E-state index contributed by atoms with van der Waals surface area (Å²) in [6.07, 6.45) is 0. The van der Waals surface area contributed by atoms with Crippen LogP contribution in [0.15, 0.2) is 30.3 Å². The quantitative estimate of drug-likeness (QED) is 0.827. The van der Waals surface area contributed by atoms with E-state index < -0.39 is 0 Å². The SMILES string of the molecule is CC(C)c1c(-c2ccccc2)n[nH]c1CN. The number of rotatable bonds is 3. The normalized spacial score (nSPS) is 11.0. The van der Waals surface area contributed by atoms with E-state index in [1.54, 1.807) is 0 Å². The molecule has 16 heavy (non-hydrogen) atoms. The molecule has 0 aliphatic carbocycles. The van der Waals surface area contributed by atoms with Crippen LogP contribution in [0.3, 0.4) is 0 Å². The first-order valence-electron chi connectivity index (χ1n) is 5.56. The van der Waals surface area contributed by atoms with Crippen molar-refractivity contribution in [3.8, 4) is 11.3 Å². The van der Waals surface area contributed by atoms with E-state index in [0.717, 1.165) is 17.0 Å². The van der Waals surface area contributed by atoms with Gasteiger partial charge >= 0.3 is 0 Å². The van der Waals surface area contributed by atoms with E-state index in [-0.39, 0.29) is 0 Å². The van der Waals surface area contributed by atoms with E-state index in [1.807, 2.05) is 18.2 Å². The molecule has 84 valence electrons. The van der Waals surface area contributed by atoms with Gasteiger partial charge in [-0.1, -0.05) is 44.2 Å². The average molecular weight is 215 g/mol. The fourth-order valence-corrected chi connectivity index (χ4v) is 1.98. The molecule has 1 aromatic heterocycles. The zero-order chi connectivity index (χ0) is 11.5. The lowest BCUT2D eigenvalue weighted by Gasteiger charge is -2.08. The molecule has 2 aromatic rings. The second-order valence-corrected chi connectivity index (χ2v) is 4.19. The Labute approximate surface area is 95.7 Å². The van der Waals surface area contributed by atoms with E-state index in [0.29, 0.717) is 12.5 Å². The first-order valence-corrected chi connectivity index (χ1v) is 5.56. The number of hydrogen-bond acceptors (Lipinski definition) is 2. The van der Waals surface area contributed by atoms with E-state index >= 15 is 0 Å². The molecule has 0 bridgehead atoms. The lowest BCUT2D eigenvalue weighted by atomic mass is 9.96. The molecule has 3 N–H and O–H groups in total. The van der Waals surface area contributed by atoms with Gasteiger partial charge in [0, 0.05) is 17.7 Å². The fraction of sp³-hybridized carbons (Fsp3) is 0.308. The number of nitrogens with one attached hydrogen (secondary N) is 1. The Morgan fingerprint density at radius 2 is 1.94 bits per heavy atom. The summed E-state index contributed by atoms with van der Waals surface area (Å²) in [5.74, 6) is 0.424. The van der Waals surface area contributed by atoms with Gasteiger partial charge in [-0.2, -0.15) is 5.10 Å². The van der Waals surface area contributed by atoms with Crippen LogP contribution in [0.5, 0.6) is 0 Å². The summed E-state index contributed by atoms with van der Waals surface area (Å²) in [6.45, 7) is 4.83. The Bertz CT molecular complexity index is 457. The Balaban J connectivity index is 2.53. The molecular weight excluding hydrogens is 198 g/mol. The van der Waals surface area contributed by atoms with E-state index in [9.17, 15) is 0 Å². The molecular formula is C13H17N3. The second kappa shape index (κ2) is 4.49. The molecule has 3 nitrogen and oxygen atoms in total. The van der Waals surface area contributed by atoms with E-state index in [4.69, 9.17) is 5.73 Å². The van der Waals surface area contributed by atoms with Crippen molar-refractivity contribution in [3.05, 3.63) is 41.6 Å². The van der Waals surface area contributed by atoms with Crippen LogP contribution >= 0.6 is 0 Å². The van der Waals surface area contributed by atoms with Crippen molar-refractivity contribution < 1.29 is 0 Å². The van der Waals surface area contributed by atoms with Crippen LogP contribution in [0.1, 0.15) is 31.0 Å². The Hall–Kier alpha value is -1.61. The van der Waals surface area contributed by atoms with Crippen LogP contribution in [0.4, 0.5) is 0 Å². The molecule has 0 fully saturated rings. The zero-order valence-corrected chi connectivity index (χ0v) is 9.70. The molecule has 0 atom stereocenters. The summed E-state index contributed by atoms with van der Waals surface area (Å²) in [5, 5.41) is 7.40. The van der Waals surface area contributed by atoms with Crippen molar-refractivity contribution in [3.63, 3.8) is 0 Å². The van der Waals surface area contributed by atoms with Crippen LogP contribution in [-0.2, 0) is 6.54 Å². The molecule has 2 rings (SSSR count). The van der Waals surface area contributed by atoms with E-state index in [1.165, 1.54) is 5.56 Å². The summed E-state index contributed by atoms with van der Waals surface area (Å²) >= 11 is 0. The highest BCUT2D eigenvalue weighted by Gasteiger charge is 2.16. The molecule has 3 heteroatoms. The summed E-state index contributed by atoms with van der Waals surface area (Å²) in [4.78, 5) is 0. The molecule has 0 unspecified atom stereocenters. The molecule has 0 saturated carbocycles. The van der Waals surface area contributed by atoms with Gasteiger partial charge in [0.15, 0.2) is 0 Å². The van der Waals surface area contributed by atoms with Crippen molar-refractivity contribution >= 4 is 0 Å². The number of hydrogen-bond donors (Lipinski definition) is 2. The third-order valence-electron chi connectivity index (χ3n) is 2.71. The van der Waals surface area contributed by atoms with Crippen LogP contribution in [0, 0.1) is 0 Å². The monoisotopic (exact) mass is 215 g/mol. The van der Waals surface area contributed by atoms with Gasteiger partial charge in [0.2, 0.25) is 0 Å². The fourth-order valence-electron chi connectivity index (χ4n) is 1.98. The first-order chi connectivity index (χ1) is 7.74. The third kappa shape index (κ3) is 1.86. The summed E-state index contributed by atoms with van der Waals surface area (Å²) in [5.41, 5.74) is 10.1. The summed E-state index contributed by atoms with van der Waals surface area (Å²) < 4.78 is 0. The number of aromatic nitrogens is 2. The van der Waals surface area contributed by atoms with Gasteiger partial charge in [-0.25, -0.2) is 0 Å². The third-order valence-corrected chi connectivity index (χ3v) is 2.71. The van der Waals surface area contributed by atoms with Crippen LogP contribution in [-0.4, -0.2) is 10.2 Å². The molecule has 0 radical (unpaired) electrons. The van der Waals surface area contributed by atoms with Crippen molar-refractivity contribution in [1.82, 2.24) is 10.2 Å². The van der Waals surface area contributed by atoms with Gasteiger partial charge in [0.05, 0.1) is 11.4 Å². The minimum atomic E-state index is 0.424. The zero-order valence-electron chi connectivity index (χ0n) is 9.70. The average Bonchev–Trinajstić information content (AvgIpc) is 2.73. The number of H-pyrrole nitrogens is 1. The van der Waals surface area contributed by atoms with Gasteiger partial charge in [0.1, 0.15) is 0 Å². The highest BCUT2D eigenvalue weighted by atomic mass is 15.1. The lowest BCUT2D eigenvalue weighted by Crippen LogP contribution is -2.02. The van der Waals surface area contributed by atoms with E-state index in [2.05, 4.69) is 36.2 Å². The van der Waals surface area contributed by atoms with Crippen molar-refractivity contribution in [2.24, 2.45) is 5.73 Å².